The summed E-state index contributed by atoms with van der Waals surface area (Å²) in [5.74, 6) is 1.15. The summed E-state index contributed by atoms with van der Waals surface area (Å²) in [6.45, 7) is 2.05. The van der Waals surface area contributed by atoms with E-state index < -0.39 is 0 Å². The van der Waals surface area contributed by atoms with Crippen molar-refractivity contribution < 1.29 is 4.74 Å². The van der Waals surface area contributed by atoms with Crippen molar-refractivity contribution in [2.75, 3.05) is 18.2 Å². The van der Waals surface area contributed by atoms with Gasteiger partial charge in [0.25, 0.3) is 0 Å². The molecule has 0 aliphatic rings. The number of hydrogen-bond acceptors (Lipinski definition) is 4. The number of methoxy groups -OCH3 is 1. The lowest BCUT2D eigenvalue weighted by Gasteiger charge is -2.11. The van der Waals surface area contributed by atoms with Crippen LogP contribution in [0.4, 0.5) is 17.2 Å². The first kappa shape index (κ1) is 12.9. The zero-order valence-electron chi connectivity index (χ0n) is 10.2. The molecule has 2 aromatic rings. The maximum atomic E-state index is 5.73. The van der Waals surface area contributed by atoms with Crippen molar-refractivity contribution in [1.29, 1.82) is 0 Å². The Morgan fingerprint density at radius 3 is 2.78 bits per heavy atom. The van der Waals surface area contributed by atoms with Crippen LogP contribution in [0, 0.1) is 10.5 Å². The number of nitrogens with one attached hydrogen (secondary N) is 1. The van der Waals surface area contributed by atoms with Crippen molar-refractivity contribution in [1.82, 2.24) is 4.98 Å². The van der Waals surface area contributed by atoms with Gasteiger partial charge in [-0.25, -0.2) is 0 Å². The second kappa shape index (κ2) is 5.43. The lowest BCUT2D eigenvalue weighted by Crippen LogP contribution is -2.00. The molecule has 0 unspecified atom stereocenters. The Hall–Kier alpha value is -1.50. The quantitative estimate of drug-likeness (QED) is 0.830. The first-order valence-electron chi connectivity index (χ1n) is 5.44. The van der Waals surface area contributed by atoms with Crippen molar-refractivity contribution in [2.45, 2.75) is 6.92 Å². The molecule has 1 heterocycles. The van der Waals surface area contributed by atoms with Gasteiger partial charge in [0.05, 0.1) is 12.8 Å². The Morgan fingerprint density at radius 1 is 1.28 bits per heavy atom. The van der Waals surface area contributed by atoms with E-state index in [1.165, 1.54) is 3.57 Å². The van der Waals surface area contributed by atoms with Crippen molar-refractivity contribution in [3.05, 3.63) is 39.5 Å². The number of aryl methyl sites for hydroxylation is 1. The van der Waals surface area contributed by atoms with E-state index in [2.05, 4.69) is 51.1 Å². The number of pyridine rings is 1. The summed E-state index contributed by atoms with van der Waals surface area (Å²) >= 11 is 2.28. The van der Waals surface area contributed by atoms with Gasteiger partial charge < -0.3 is 15.8 Å². The maximum Gasteiger partial charge on any atom is 0.238 e. The third-order valence-corrected chi connectivity index (χ3v) is 3.22. The maximum absolute atomic E-state index is 5.73. The molecule has 0 bridgehead atoms. The number of aromatic nitrogens is 1. The third kappa shape index (κ3) is 2.84. The minimum absolute atomic E-state index is 0.434. The summed E-state index contributed by atoms with van der Waals surface area (Å²) < 4.78 is 6.27. The molecule has 0 aliphatic heterocycles. The molecule has 0 saturated heterocycles. The third-order valence-electron chi connectivity index (χ3n) is 2.55. The molecule has 0 amide bonds. The first-order valence-corrected chi connectivity index (χ1v) is 6.51. The van der Waals surface area contributed by atoms with E-state index in [9.17, 15) is 0 Å². The van der Waals surface area contributed by atoms with Gasteiger partial charge in [0.2, 0.25) is 5.88 Å². The molecule has 0 aliphatic carbocycles. The normalized spacial score (nSPS) is 10.2. The number of nitrogen functional groups attached to an aromatic ring is 1. The van der Waals surface area contributed by atoms with Crippen molar-refractivity contribution in [3.63, 3.8) is 0 Å². The number of nitrogens with zero attached hydrogens (tertiary/aromatic N) is 1. The average Bonchev–Trinajstić information content (AvgIpc) is 2.36. The predicted octanol–water partition coefficient (Wildman–Crippen LogP) is 3.33. The van der Waals surface area contributed by atoms with Crippen LogP contribution in [0.2, 0.25) is 0 Å². The van der Waals surface area contributed by atoms with Crippen LogP contribution in [-0.4, -0.2) is 12.1 Å². The van der Waals surface area contributed by atoms with E-state index in [4.69, 9.17) is 10.5 Å². The fourth-order valence-corrected chi connectivity index (χ4v) is 2.04. The van der Waals surface area contributed by atoms with Crippen LogP contribution in [0.1, 0.15) is 5.56 Å². The number of ether oxygens (including phenoxy) is 1. The Kier molecular flexibility index (Phi) is 3.90. The highest BCUT2D eigenvalue weighted by Gasteiger charge is 2.05. The van der Waals surface area contributed by atoms with E-state index in [1.54, 1.807) is 13.2 Å². The molecule has 1 aromatic carbocycles. The smallest absolute Gasteiger partial charge is 0.238 e. The fraction of sp³-hybridized carbons (Fsp3) is 0.154. The second-order valence-electron chi connectivity index (χ2n) is 3.88. The van der Waals surface area contributed by atoms with Crippen LogP contribution in [0.5, 0.6) is 5.88 Å². The number of halogens is 1. The molecule has 0 radical (unpaired) electrons. The van der Waals surface area contributed by atoms with Crippen LogP contribution < -0.4 is 15.8 Å². The summed E-state index contributed by atoms with van der Waals surface area (Å²) in [7, 11) is 1.55. The molecular formula is C13H14IN3O. The van der Waals surface area contributed by atoms with Crippen molar-refractivity contribution in [2.24, 2.45) is 0 Å². The van der Waals surface area contributed by atoms with Gasteiger partial charge in [0, 0.05) is 9.26 Å². The summed E-state index contributed by atoms with van der Waals surface area (Å²) in [6, 6.07) is 9.81. The molecule has 0 spiro atoms. The monoisotopic (exact) mass is 355 g/mol. The van der Waals surface area contributed by atoms with Gasteiger partial charge in [-0.3, -0.25) is 0 Å². The molecule has 3 N–H and O–H groups in total. The van der Waals surface area contributed by atoms with Gasteiger partial charge in [-0.05, 0) is 59.3 Å². The number of benzene rings is 1. The van der Waals surface area contributed by atoms with E-state index in [1.807, 2.05) is 13.0 Å². The average molecular weight is 355 g/mol. The van der Waals surface area contributed by atoms with Gasteiger partial charge >= 0.3 is 0 Å². The Labute approximate surface area is 120 Å². The van der Waals surface area contributed by atoms with Crippen LogP contribution in [0.3, 0.4) is 0 Å². The van der Waals surface area contributed by atoms with Gasteiger partial charge in [-0.15, -0.1) is 0 Å². The highest BCUT2D eigenvalue weighted by Crippen LogP contribution is 2.25. The van der Waals surface area contributed by atoms with E-state index in [0.29, 0.717) is 17.4 Å². The Balaban J connectivity index is 2.31. The molecule has 0 saturated carbocycles. The fourth-order valence-electron chi connectivity index (χ4n) is 1.55. The standard InChI is InChI=1S/C13H14IN3O/c1-8-3-4-9(14)7-11(8)16-12-6-5-10(15)13(17-12)18-2/h3-7H,15H2,1-2H3,(H,16,17). The van der Waals surface area contributed by atoms with E-state index in [-0.39, 0.29) is 0 Å². The summed E-state index contributed by atoms with van der Waals surface area (Å²) in [6.07, 6.45) is 0. The lowest BCUT2D eigenvalue weighted by molar-refractivity contribution is 0.401. The minimum atomic E-state index is 0.434. The number of anilines is 3. The molecule has 0 atom stereocenters. The van der Waals surface area contributed by atoms with Crippen molar-refractivity contribution >= 4 is 39.8 Å². The van der Waals surface area contributed by atoms with Crippen LogP contribution >= 0.6 is 22.6 Å². The first-order chi connectivity index (χ1) is 8.60. The molecule has 94 valence electrons. The van der Waals surface area contributed by atoms with Gasteiger partial charge in [0.15, 0.2) is 0 Å². The van der Waals surface area contributed by atoms with Crippen LogP contribution in [0.25, 0.3) is 0 Å². The molecule has 18 heavy (non-hydrogen) atoms. The molecule has 5 heteroatoms. The highest BCUT2D eigenvalue weighted by molar-refractivity contribution is 14.1. The minimum Gasteiger partial charge on any atom is -0.479 e. The van der Waals surface area contributed by atoms with E-state index >= 15 is 0 Å². The Bertz CT molecular complexity index is 572. The number of hydrogen-bond donors (Lipinski definition) is 2. The Morgan fingerprint density at radius 2 is 2.06 bits per heavy atom. The largest absolute Gasteiger partial charge is 0.479 e. The van der Waals surface area contributed by atoms with Gasteiger partial charge in [-0.2, -0.15) is 4.98 Å². The summed E-state index contributed by atoms with van der Waals surface area (Å²) in [5.41, 5.74) is 8.45. The zero-order chi connectivity index (χ0) is 13.1. The van der Waals surface area contributed by atoms with Crippen LogP contribution in [-0.2, 0) is 0 Å². The summed E-state index contributed by atoms with van der Waals surface area (Å²) in [5, 5.41) is 3.26. The summed E-state index contributed by atoms with van der Waals surface area (Å²) in [4.78, 5) is 4.30. The van der Waals surface area contributed by atoms with Gasteiger partial charge in [0.1, 0.15) is 5.82 Å². The molecular weight excluding hydrogens is 341 g/mol. The van der Waals surface area contributed by atoms with E-state index in [0.717, 1.165) is 11.3 Å². The molecule has 0 fully saturated rings. The second-order valence-corrected chi connectivity index (χ2v) is 5.12. The SMILES string of the molecule is COc1nc(Nc2cc(I)ccc2C)ccc1N. The number of nitrogens with two attached hydrogens (primary N) is 1. The van der Waals surface area contributed by atoms with Gasteiger partial charge in [-0.1, -0.05) is 6.07 Å². The van der Waals surface area contributed by atoms with Crippen molar-refractivity contribution in [3.8, 4) is 5.88 Å². The zero-order valence-corrected chi connectivity index (χ0v) is 12.4. The molecule has 4 nitrogen and oxygen atoms in total. The highest BCUT2D eigenvalue weighted by atomic mass is 127. The van der Waals surface area contributed by atoms with Crippen LogP contribution in [0.15, 0.2) is 30.3 Å². The topological polar surface area (TPSA) is 60.2 Å². The lowest BCUT2D eigenvalue weighted by atomic mass is 10.2. The number of rotatable bonds is 3. The predicted molar refractivity (Wildman–Crippen MR) is 82.4 cm³/mol. The molecule has 1 aromatic heterocycles. The molecule has 2 rings (SSSR count).